The van der Waals surface area contributed by atoms with Gasteiger partial charge in [-0.2, -0.15) is 0 Å². The van der Waals surface area contributed by atoms with Crippen molar-refractivity contribution < 1.29 is 0 Å². The molecule has 0 saturated heterocycles. The average molecular weight is 269 g/mol. The quantitative estimate of drug-likeness (QED) is 0.720. The highest BCUT2D eigenvalue weighted by atomic mass is 35.5. The second kappa shape index (κ2) is 5.19. The molecule has 1 unspecified atom stereocenters. The fraction of sp³-hybridized carbons (Fsp3) is 0.0769. The lowest BCUT2D eigenvalue weighted by molar-refractivity contribution is 1.21. The molecule has 16 heavy (non-hydrogen) atoms. The Labute approximate surface area is 108 Å². The molecule has 2 aromatic rings. The van der Waals surface area contributed by atoms with Crippen molar-refractivity contribution >= 4 is 37.7 Å². The first-order chi connectivity index (χ1) is 7.66. The first-order valence-corrected chi connectivity index (χ1v) is 6.27. The first kappa shape index (κ1) is 11.9. The molecular formula is C13H11Cl2P. The van der Waals surface area contributed by atoms with Crippen LogP contribution in [-0.2, 0) is 6.42 Å². The van der Waals surface area contributed by atoms with Crippen LogP contribution < -0.4 is 5.30 Å². The van der Waals surface area contributed by atoms with Crippen molar-refractivity contribution in [2.75, 3.05) is 0 Å². The van der Waals surface area contributed by atoms with E-state index in [9.17, 15) is 0 Å². The number of hydrogen-bond acceptors (Lipinski definition) is 0. The van der Waals surface area contributed by atoms with Crippen LogP contribution in [0.4, 0.5) is 0 Å². The van der Waals surface area contributed by atoms with Crippen LogP contribution in [0.5, 0.6) is 0 Å². The van der Waals surface area contributed by atoms with E-state index in [-0.39, 0.29) is 0 Å². The summed E-state index contributed by atoms with van der Waals surface area (Å²) in [4.78, 5) is 0. The Bertz CT molecular complexity index is 509. The van der Waals surface area contributed by atoms with Gasteiger partial charge >= 0.3 is 0 Å². The molecule has 0 amide bonds. The van der Waals surface area contributed by atoms with Gasteiger partial charge in [-0.15, -0.1) is 9.24 Å². The molecule has 0 saturated carbocycles. The Hall–Kier alpha value is -0.550. The molecular weight excluding hydrogens is 258 g/mol. The van der Waals surface area contributed by atoms with Crippen LogP contribution in [0.3, 0.4) is 0 Å². The third-order valence-electron chi connectivity index (χ3n) is 2.45. The predicted octanol–water partition coefficient (Wildman–Crippen LogP) is 4.08. The van der Waals surface area contributed by atoms with Crippen molar-refractivity contribution in [1.82, 2.24) is 0 Å². The molecule has 0 fully saturated rings. The molecule has 0 spiro atoms. The van der Waals surface area contributed by atoms with Gasteiger partial charge in [-0.1, -0.05) is 53.5 Å². The van der Waals surface area contributed by atoms with Crippen molar-refractivity contribution in [2.24, 2.45) is 0 Å². The minimum absolute atomic E-state index is 0.674. The lowest BCUT2D eigenvalue weighted by Crippen LogP contribution is -2.01. The Morgan fingerprint density at radius 2 is 1.69 bits per heavy atom. The third-order valence-corrected chi connectivity index (χ3v) is 3.60. The Balaban J connectivity index is 2.31. The third kappa shape index (κ3) is 2.77. The lowest BCUT2D eigenvalue weighted by Gasteiger charge is -2.07. The topological polar surface area (TPSA) is 0 Å². The molecule has 0 N–H and O–H groups in total. The maximum atomic E-state index is 6.14. The average Bonchev–Trinajstić information content (AvgIpc) is 2.25. The van der Waals surface area contributed by atoms with Gasteiger partial charge in [0.15, 0.2) is 0 Å². The summed E-state index contributed by atoms with van der Waals surface area (Å²) in [7, 11) is 2.74. The van der Waals surface area contributed by atoms with Crippen LogP contribution in [0.25, 0.3) is 0 Å². The van der Waals surface area contributed by atoms with Gasteiger partial charge in [0.1, 0.15) is 0 Å². The Kier molecular flexibility index (Phi) is 3.86. The maximum absolute atomic E-state index is 6.14. The molecule has 0 bridgehead atoms. The van der Waals surface area contributed by atoms with Gasteiger partial charge in [0.25, 0.3) is 0 Å². The van der Waals surface area contributed by atoms with Gasteiger partial charge < -0.3 is 0 Å². The molecule has 0 radical (unpaired) electrons. The van der Waals surface area contributed by atoms with Crippen LogP contribution in [0.15, 0.2) is 42.5 Å². The van der Waals surface area contributed by atoms with E-state index in [4.69, 9.17) is 23.2 Å². The number of rotatable bonds is 2. The minimum Gasteiger partial charge on any atom is -0.105 e. The number of benzene rings is 2. The summed E-state index contributed by atoms with van der Waals surface area (Å²) in [5, 5.41) is 2.60. The summed E-state index contributed by atoms with van der Waals surface area (Å²) in [6.45, 7) is 0. The summed E-state index contributed by atoms with van der Waals surface area (Å²) in [5.41, 5.74) is 2.36. The summed E-state index contributed by atoms with van der Waals surface area (Å²) >= 11 is 12.0. The van der Waals surface area contributed by atoms with Crippen molar-refractivity contribution in [3.63, 3.8) is 0 Å². The monoisotopic (exact) mass is 268 g/mol. The van der Waals surface area contributed by atoms with Gasteiger partial charge in [-0.25, -0.2) is 0 Å². The molecule has 82 valence electrons. The molecule has 0 nitrogen and oxygen atoms in total. The first-order valence-electron chi connectivity index (χ1n) is 4.94. The summed E-state index contributed by atoms with van der Waals surface area (Å²) in [6, 6.07) is 13.9. The SMILES string of the molecule is Pc1ccccc1Cc1ccc(Cl)cc1Cl. The highest BCUT2D eigenvalue weighted by molar-refractivity contribution is 7.27. The lowest BCUT2D eigenvalue weighted by atomic mass is 10.1. The summed E-state index contributed by atoms with van der Waals surface area (Å²) in [6.07, 6.45) is 0.829. The Morgan fingerprint density at radius 3 is 2.38 bits per heavy atom. The summed E-state index contributed by atoms with van der Waals surface area (Å²) < 4.78 is 0. The molecule has 0 aliphatic carbocycles. The predicted molar refractivity (Wildman–Crippen MR) is 75.1 cm³/mol. The van der Waals surface area contributed by atoms with Crippen LogP contribution in [0.1, 0.15) is 11.1 Å². The molecule has 2 aromatic carbocycles. The van der Waals surface area contributed by atoms with Gasteiger partial charge in [-0.3, -0.25) is 0 Å². The second-order valence-electron chi connectivity index (χ2n) is 3.61. The highest BCUT2D eigenvalue weighted by Gasteiger charge is 2.04. The number of halogens is 2. The van der Waals surface area contributed by atoms with Crippen LogP contribution in [-0.4, -0.2) is 0 Å². The largest absolute Gasteiger partial charge is 0.105 e. The molecule has 3 heteroatoms. The van der Waals surface area contributed by atoms with E-state index in [0.717, 1.165) is 17.0 Å². The van der Waals surface area contributed by atoms with Crippen molar-refractivity contribution in [2.45, 2.75) is 6.42 Å². The van der Waals surface area contributed by atoms with E-state index >= 15 is 0 Å². The van der Waals surface area contributed by atoms with Crippen molar-refractivity contribution in [3.8, 4) is 0 Å². The van der Waals surface area contributed by atoms with Gasteiger partial charge in [-0.05, 0) is 35.0 Å². The van der Waals surface area contributed by atoms with E-state index in [0.29, 0.717) is 5.02 Å². The zero-order valence-corrected chi connectivity index (χ0v) is 11.2. The van der Waals surface area contributed by atoms with Crippen LogP contribution >= 0.6 is 32.4 Å². The van der Waals surface area contributed by atoms with Crippen molar-refractivity contribution in [3.05, 3.63) is 63.6 Å². The van der Waals surface area contributed by atoms with Gasteiger partial charge in [0, 0.05) is 10.0 Å². The van der Waals surface area contributed by atoms with E-state index < -0.39 is 0 Å². The maximum Gasteiger partial charge on any atom is 0.0456 e. The van der Waals surface area contributed by atoms with E-state index in [1.54, 1.807) is 6.07 Å². The van der Waals surface area contributed by atoms with Crippen LogP contribution in [0, 0.1) is 0 Å². The van der Waals surface area contributed by atoms with E-state index in [1.165, 1.54) is 10.9 Å². The fourth-order valence-corrected chi connectivity index (χ4v) is 2.35. The normalized spacial score (nSPS) is 10.4. The fourth-order valence-electron chi connectivity index (χ4n) is 1.57. The van der Waals surface area contributed by atoms with E-state index in [1.807, 2.05) is 24.3 Å². The smallest absolute Gasteiger partial charge is 0.0456 e. The zero-order valence-electron chi connectivity index (χ0n) is 8.58. The van der Waals surface area contributed by atoms with Gasteiger partial charge in [0.2, 0.25) is 0 Å². The molecule has 0 aliphatic rings. The second-order valence-corrected chi connectivity index (χ2v) is 5.08. The molecule has 0 aliphatic heterocycles. The minimum atomic E-state index is 0.674. The molecule has 0 aromatic heterocycles. The zero-order chi connectivity index (χ0) is 11.5. The Morgan fingerprint density at radius 1 is 0.938 bits per heavy atom. The van der Waals surface area contributed by atoms with Crippen LogP contribution in [0.2, 0.25) is 10.0 Å². The standard InChI is InChI=1S/C13H11Cl2P/c14-11-6-5-9(12(15)8-11)7-10-3-1-2-4-13(10)16/h1-6,8H,7,16H2. The highest BCUT2D eigenvalue weighted by Crippen LogP contribution is 2.23. The number of hydrogen-bond donors (Lipinski definition) is 0. The van der Waals surface area contributed by atoms with Crippen molar-refractivity contribution in [1.29, 1.82) is 0 Å². The van der Waals surface area contributed by atoms with Gasteiger partial charge in [0.05, 0.1) is 0 Å². The summed E-state index contributed by atoms with van der Waals surface area (Å²) in [5.74, 6) is 0. The molecule has 2 rings (SSSR count). The molecule has 1 atom stereocenters. The molecule has 0 heterocycles. The van der Waals surface area contributed by atoms with E-state index in [2.05, 4.69) is 21.4 Å².